The molecule has 1 heterocycles. The van der Waals surface area contributed by atoms with Crippen LogP contribution in [-0.2, 0) is 5.41 Å². The fraction of sp³-hybridized carbons (Fsp3) is 0.0141. The minimum atomic E-state index is -0.633. The van der Waals surface area contributed by atoms with E-state index in [0.29, 0.717) is 0 Å². The van der Waals surface area contributed by atoms with Crippen molar-refractivity contribution < 1.29 is 4.42 Å². The first kappa shape index (κ1) is 42.4. The van der Waals surface area contributed by atoms with Crippen molar-refractivity contribution in [3.63, 3.8) is 0 Å². The highest BCUT2D eigenvalue weighted by molar-refractivity contribution is 6.13. The van der Waals surface area contributed by atoms with Crippen LogP contribution in [0, 0.1) is 0 Å². The Bertz CT molecular complexity index is 4160. The molecule has 0 fully saturated rings. The minimum Gasteiger partial charge on any atom is -0.456 e. The van der Waals surface area contributed by atoms with Gasteiger partial charge in [0.25, 0.3) is 0 Å². The van der Waals surface area contributed by atoms with E-state index in [1.807, 2.05) is 0 Å². The Labute approximate surface area is 425 Å². The molecule has 73 heavy (non-hydrogen) atoms. The molecular formula is C71H47NO. The van der Waals surface area contributed by atoms with Gasteiger partial charge in [0.1, 0.15) is 11.2 Å². The summed E-state index contributed by atoms with van der Waals surface area (Å²) < 4.78 is 6.67. The molecule has 12 aromatic carbocycles. The number of furan rings is 1. The maximum absolute atomic E-state index is 6.67. The van der Waals surface area contributed by atoms with Gasteiger partial charge in [-0.3, -0.25) is 0 Å². The quantitative estimate of drug-likeness (QED) is 0.143. The monoisotopic (exact) mass is 929 g/mol. The van der Waals surface area contributed by atoms with E-state index in [4.69, 9.17) is 4.42 Å². The van der Waals surface area contributed by atoms with Crippen molar-refractivity contribution in [1.82, 2.24) is 0 Å². The second-order valence-electron chi connectivity index (χ2n) is 19.1. The van der Waals surface area contributed by atoms with E-state index in [1.165, 1.54) is 66.4 Å². The summed E-state index contributed by atoms with van der Waals surface area (Å²) in [7, 11) is 0. The van der Waals surface area contributed by atoms with Gasteiger partial charge in [-0.1, -0.05) is 237 Å². The molecule has 0 bridgehead atoms. The summed E-state index contributed by atoms with van der Waals surface area (Å²) in [4.78, 5) is 2.47. The Hall–Kier alpha value is -9.50. The Morgan fingerprint density at radius 3 is 1.59 bits per heavy atom. The molecule has 1 aromatic heterocycles. The highest BCUT2D eigenvalue weighted by atomic mass is 16.3. The lowest BCUT2D eigenvalue weighted by Gasteiger charge is -2.35. The van der Waals surface area contributed by atoms with Crippen LogP contribution in [0.25, 0.3) is 88.3 Å². The fourth-order valence-electron chi connectivity index (χ4n) is 11.9. The predicted molar refractivity (Wildman–Crippen MR) is 305 cm³/mol. The molecule has 0 radical (unpaired) electrons. The van der Waals surface area contributed by atoms with E-state index in [0.717, 1.165) is 61.3 Å². The third kappa shape index (κ3) is 6.94. The molecule has 1 aliphatic rings. The van der Waals surface area contributed by atoms with E-state index < -0.39 is 5.41 Å². The molecule has 1 aliphatic carbocycles. The number of hydrogen-bond acceptors (Lipinski definition) is 2. The van der Waals surface area contributed by atoms with Gasteiger partial charge in [-0.05, 0) is 132 Å². The summed E-state index contributed by atoms with van der Waals surface area (Å²) >= 11 is 0. The van der Waals surface area contributed by atoms with Gasteiger partial charge >= 0.3 is 0 Å². The lowest BCUT2D eigenvalue weighted by atomic mass is 9.67. The number of benzene rings is 12. The Morgan fingerprint density at radius 2 is 0.849 bits per heavy atom. The van der Waals surface area contributed by atoms with Crippen LogP contribution in [0.5, 0.6) is 0 Å². The van der Waals surface area contributed by atoms with E-state index in [1.54, 1.807) is 0 Å². The molecule has 14 rings (SSSR count). The highest BCUT2D eigenvalue weighted by Crippen LogP contribution is 2.57. The third-order valence-electron chi connectivity index (χ3n) is 15.2. The zero-order valence-corrected chi connectivity index (χ0v) is 40.0. The molecule has 2 heteroatoms. The maximum atomic E-state index is 6.67. The lowest BCUT2D eigenvalue weighted by molar-refractivity contribution is 0.669. The van der Waals surface area contributed by atoms with E-state index >= 15 is 0 Å². The Morgan fingerprint density at radius 1 is 0.288 bits per heavy atom. The molecule has 2 nitrogen and oxygen atoms in total. The summed E-state index contributed by atoms with van der Waals surface area (Å²) in [5, 5.41) is 4.65. The van der Waals surface area contributed by atoms with Crippen LogP contribution in [-0.4, -0.2) is 0 Å². The number of rotatable bonds is 9. The Balaban J connectivity index is 1.01. The number of para-hydroxylation sites is 1. The van der Waals surface area contributed by atoms with Gasteiger partial charge in [0.2, 0.25) is 0 Å². The van der Waals surface area contributed by atoms with Crippen molar-refractivity contribution in [2.24, 2.45) is 0 Å². The summed E-state index contributed by atoms with van der Waals surface area (Å²) in [6.07, 6.45) is 0. The second kappa shape index (κ2) is 17.4. The fourth-order valence-corrected chi connectivity index (χ4v) is 11.9. The average molecular weight is 930 g/mol. The molecule has 342 valence electrons. The summed E-state index contributed by atoms with van der Waals surface area (Å²) in [6.45, 7) is 0. The van der Waals surface area contributed by atoms with Gasteiger partial charge in [-0.2, -0.15) is 0 Å². The molecule has 0 spiro atoms. The topological polar surface area (TPSA) is 16.4 Å². The largest absolute Gasteiger partial charge is 0.456 e. The first-order chi connectivity index (χ1) is 36.2. The van der Waals surface area contributed by atoms with Crippen molar-refractivity contribution in [3.8, 4) is 55.6 Å². The normalized spacial score (nSPS) is 12.5. The molecule has 0 saturated carbocycles. The van der Waals surface area contributed by atoms with Crippen molar-refractivity contribution in [1.29, 1.82) is 0 Å². The maximum Gasteiger partial charge on any atom is 0.136 e. The minimum absolute atomic E-state index is 0.633. The summed E-state index contributed by atoms with van der Waals surface area (Å²) in [6, 6.07) is 104. The van der Waals surface area contributed by atoms with Crippen LogP contribution in [0.3, 0.4) is 0 Å². The molecule has 13 aromatic rings. The van der Waals surface area contributed by atoms with Crippen LogP contribution < -0.4 is 4.90 Å². The smallest absolute Gasteiger partial charge is 0.136 e. The van der Waals surface area contributed by atoms with E-state index in [9.17, 15) is 0 Å². The molecule has 0 atom stereocenters. The van der Waals surface area contributed by atoms with Crippen LogP contribution >= 0.6 is 0 Å². The van der Waals surface area contributed by atoms with Crippen LogP contribution in [0.4, 0.5) is 17.1 Å². The highest BCUT2D eigenvalue weighted by Gasteiger charge is 2.46. The van der Waals surface area contributed by atoms with E-state index in [-0.39, 0.29) is 0 Å². The first-order valence-corrected chi connectivity index (χ1v) is 25.2. The third-order valence-corrected chi connectivity index (χ3v) is 15.2. The molecular weight excluding hydrogens is 883 g/mol. The van der Waals surface area contributed by atoms with Crippen molar-refractivity contribution in [2.45, 2.75) is 5.41 Å². The molecule has 0 unspecified atom stereocenters. The van der Waals surface area contributed by atoms with Crippen LogP contribution in [0.1, 0.15) is 22.3 Å². The number of fused-ring (bicyclic) bond motifs is 7. The summed E-state index contributed by atoms with van der Waals surface area (Å²) in [5.41, 5.74) is 21.0. The molecule has 0 saturated heterocycles. The average Bonchev–Trinajstić information content (AvgIpc) is 4.04. The molecule has 0 N–H and O–H groups in total. The van der Waals surface area contributed by atoms with Crippen molar-refractivity contribution in [3.05, 3.63) is 307 Å². The second-order valence-corrected chi connectivity index (χ2v) is 19.1. The summed E-state index contributed by atoms with van der Waals surface area (Å²) in [5.74, 6) is 0. The van der Waals surface area contributed by atoms with E-state index in [2.05, 4.69) is 290 Å². The Kier molecular flexibility index (Phi) is 10.1. The standard InChI is InChI=1S/C71H47NO/c1-3-20-50(21-4-1)58-27-9-10-28-60(58)63-31-13-16-35-67(63)72(57-43-44-68-64(47-57)70-59(32-18-36-69(70)73-68)51-22-5-2-6-23-51)56-26-17-25-55(46-56)71(65-33-14-11-29-61(65)62-30-12-15-34-66(62)71)54-41-39-49(40-42-54)53-38-37-48-19-7-8-24-52(48)45-53/h1-47H. The number of anilines is 3. The SMILES string of the molecule is c1ccc(-c2ccccc2-c2ccccc2N(c2cccc(C3(c4ccc(-c5ccc6ccccc6c5)cc4)c4ccccc4-c4ccccc43)c2)c2ccc3oc4cccc(-c5ccccc5)c4c3c2)cc1. The van der Waals surface area contributed by atoms with Crippen molar-refractivity contribution >= 4 is 49.8 Å². The van der Waals surface area contributed by atoms with Crippen molar-refractivity contribution in [2.75, 3.05) is 4.90 Å². The van der Waals surface area contributed by atoms with Gasteiger partial charge < -0.3 is 9.32 Å². The van der Waals surface area contributed by atoms with Crippen LogP contribution in [0.2, 0.25) is 0 Å². The predicted octanol–water partition coefficient (Wildman–Crippen LogP) is 19.2. The first-order valence-electron chi connectivity index (χ1n) is 25.2. The molecule has 0 aliphatic heterocycles. The zero-order chi connectivity index (χ0) is 48.3. The number of hydrogen-bond donors (Lipinski definition) is 0. The zero-order valence-electron chi connectivity index (χ0n) is 40.0. The lowest BCUT2D eigenvalue weighted by Crippen LogP contribution is -2.29. The number of nitrogens with zero attached hydrogens (tertiary/aromatic N) is 1. The molecule has 0 amide bonds. The van der Waals surface area contributed by atoms with Gasteiger partial charge in [-0.25, -0.2) is 0 Å². The van der Waals surface area contributed by atoms with Crippen LogP contribution in [0.15, 0.2) is 290 Å². The van der Waals surface area contributed by atoms with Gasteiger partial charge in [0, 0.05) is 27.7 Å². The van der Waals surface area contributed by atoms with Gasteiger partial charge in [0.05, 0.1) is 11.1 Å². The van der Waals surface area contributed by atoms with Gasteiger partial charge in [-0.15, -0.1) is 0 Å². The van der Waals surface area contributed by atoms with Gasteiger partial charge in [0.15, 0.2) is 0 Å².